The zero-order valence-electron chi connectivity index (χ0n) is 16.7. The molecule has 2 rings (SSSR count). The maximum Gasteiger partial charge on any atom is 0.410 e. The van der Waals surface area contributed by atoms with Gasteiger partial charge in [0, 0.05) is 18.0 Å². The first-order valence-electron chi connectivity index (χ1n) is 9.23. The van der Waals surface area contributed by atoms with E-state index < -0.39 is 35.7 Å². The number of hydrogen-bond donors (Lipinski definition) is 1. The summed E-state index contributed by atoms with van der Waals surface area (Å²) in [6.45, 7) is 5.76. The van der Waals surface area contributed by atoms with Gasteiger partial charge in [0.2, 0.25) is 5.91 Å². The Hall–Kier alpha value is -2.28. The van der Waals surface area contributed by atoms with Gasteiger partial charge >= 0.3 is 12.1 Å². The van der Waals surface area contributed by atoms with E-state index in [1.165, 1.54) is 12.0 Å². The molecular weight excluding hydrogens is 384 g/mol. The fraction of sp³-hybridized carbons (Fsp3) is 0.550. The van der Waals surface area contributed by atoms with Crippen LogP contribution in [-0.2, 0) is 25.5 Å². The predicted octanol–water partition coefficient (Wildman–Crippen LogP) is 2.94. The van der Waals surface area contributed by atoms with Crippen LogP contribution in [0.2, 0.25) is 5.02 Å². The Morgan fingerprint density at radius 2 is 1.89 bits per heavy atom. The molecular formula is C20H27ClN2O5. The van der Waals surface area contributed by atoms with E-state index in [-0.39, 0.29) is 6.42 Å². The molecule has 0 aromatic heterocycles. The summed E-state index contributed by atoms with van der Waals surface area (Å²) in [7, 11) is 1.27. The van der Waals surface area contributed by atoms with Crippen molar-refractivity contribution in [3.05, 3.63) is 34.9 Å². The van der Waals surface area contributed by atoms with Crippen LogP contribution in [0.25, 0.3) is 0 Å². The number of halogens is 1. The van der Waals surface area contributed by atoms with Crippen molar-refractivity contribution < 1.29 is 23.9 Å². The summed E-state index contributed by atoms with van der Waals surface area (Å²) in [4.78, 5) is 38.8. The lowest BCUT2D eigenvalue weighted by Crippen LogP contribution is -2.52. The normalized spacial score (nSPS) is 17.8. The molecule has 154 valence electrons. The van der Waals surface area contributed by atoms with Gasteiger partial charge in [-0.1, -0.05) is 23.7 Å². The highest BCUT2D eigenvalue weighted by atomic mass is 35.5. The largest absolute Gasteiger partial charge is 0.467 e. The number of nitrogens with zero attached hydrogens (tertiary/aromatic N) is 1. The van der Waals surface area contributed by atoms with Crippen LogP contribution in [0.3, 0.4) is 0 Å². The molecule has 2 atom stereocenters. The number of hydrogen-bond acceptors (Lipinski definition) is 5. The highest BCUT2D eigenvalue weighted by Crippen LogP contribution is 2.21. The molecule has 1 heterocycles. The standard InChI is InChI=1S/C20H27ClN2O5/c1-20(2,3)28-19(26)23-11-5-6-16(23)17(24)22-15(18(25)27-4)12-13-7-9-14(21)10-8-13/h7-10,15-16H,5-6,11-12H2,1-4H3,(H,22,24)/t15?,16-/m0/s1. The van der Waals surface area contributed by atoms with E-state index in [0.717, 1.165) is 5.56 Å². The quantitative estimate of drug-likeness (QED) is 0.754. The number of carbonyl (C=O) groups is 3. The van der Waals surface area contributed by atoms with Crippen molar-refractivity contribution in [2.24, 2.45) is 0 Å². The van der Waals surface area contributed by atoms with Crippen LogP contribution in [0, 0.1) is 0 Å². The zero-order valence-corrected chi connectivity index (χ0v) is 17.4. The van der Waals surface area contributed by atoms with E-state index in [9.17, 15) is 14.4 Å². The van der Waals surface area contributed by atoms with Gasteiger partial charge < -0.3 is 14.8 Å². The average molecular weight is 411 g/mol. The molecule has 0 spiro atoms. The summed E-state index contributed by atoms with van der Waals surface area (Å²) < 4.78 is 10.2. The second-order valence-electron chi connectivity index (χ2n) is 7.75. The fourth-order valence-electron chi connectivity index (χ4n) is 3.04. The van der Waals surface area contributed by atoms with Crippen LogP contribution in [0.4, 0.5) is 4.79 Å². The minimum absolute atomic E-state index is 0.259. The summed E-state index contributed by atoms with van der Waals surface area (Å²) in [6, 6.07) is 5.47. The minimum atomic E-state index is -0.861. The lowest BCUT2D eigenvalue weighted by molar-refractivity contribution is -0.145. The molecule has 8 heteroatoms. The summed E-state index contributed by atoms with van der Waals surface area (Å²) >= 11 is 5.89. The molecule has 0 radical (unpaired) electrons. The Kier molecular flexibility index (Phi) is 7.29. The summed E-state index contributed by atoms with van der Waals surface area (Å²) in [5.41, 5.74) is 0.180. The van der Waals surface area contributed by atoms with Gasteiger partial charge in [0.05, 0.1) is 7.11 Å². The number of benzene rings is 1. The highest BCUT2D eigenvalue weighted by Gasteiger charge is 2.38. The van der Waals surface area contributed by atoms with Crippen molar-refractivity contribution in [3.8, 4) is 0 Å². The van der Waals surface area contributed by atoms with Crippen molar-refractivity contribution in [1.29, 1.82) is 0 Å². The van der Waals surface area contributed by atoms with Crippen LogP contribution in [-0.4, -0.2) is 54.2 Å². The Morgan fingerprint density at radius 1 is 1.25 bits per heavy atom. The second kappa shape index (κ2) is 9.28. The topological polar surface area (TPSA) is 84.9 Å². The highest BCUT2D eigenvalue weighted by molar-refractivity contribution is 6.30. The number of carbonyl (C=O) groups excluding carboxylic acids is 3. The van der Waals surface area contributed by atoms with Crippen LogP contribution < -0.4 is 5.32 Å². The molecule has 1 unspecified atom stereocenters. The number of esters is 1. The predicted molar refractivity (Wildman–Crippen MR) is 105 cm³/mol. The van der Waals surface area contributed by atoms with Gasteiger partial charge in [0.25, 0.3) is 0 Å². The Morgan fingerprint density at radius 3 is 2.46 bits per heavy atom. The Labute approximate surface area is 170 Å². The van der Waals surface area contributed by atoms with E-state index >= 15 is 0 Å². The number of ether oxygens (including phenoxy) is 2. The smallest absolute Gasteiger partial charge is 0.410 e. The van der Waals surface area contributed by atoms with Crippen LogP contribution >= 0.6 is 11.6 Å². The van der Waals surface area contributed by atoms with E-state index in [4.69, 9.17) is 21.1 Å². The Balaban J connectivity index is 2.08. The Bertz CT molecular complexity index is 714. The van der Waals surface area contributed by atoms with Crippen molar-refractivity contribution in [3.63, 3.8) is 0 Å². The van der Waals surface area contributed by atoms with Gasteiger partial charge in [-0.25, -0.2) is 9.59 Å². The van der Waals surface area contributed by atoms with E-state index in [1.807, 2.05) is 0 Å². The zero-order chi connectivity index (χ0) is 20.9. The third-order valence-electron chi connectivity index (χ3n) is 4.34. The number of likely N-dealkylation sites (tertiary alicyclic amines) is 1. The third-order valence-corrected chi connectivity index (χ3v) is 4.59. The number of nitrogens with one attached hydrogen (secondary N) is 1. The summed E-state index contributed by atoms with van der Waals surface area (Å²) in [5, 5.41) is 3.31. The first-order valence-corrected chi connectivity index (χ1v) is 9.61. The van der Waals surface area contributed by atoms with Gasteiger partial charge in [0.1, 0.15) is 17.7 Å². The van der Waals surface area contributed by atoms with E-state index in [1.54, 1.807) is 45.0 Å². The van der Waals surface area contributed by atoms with Gasteiger partial charge in [0.15, 0.2) is 0 Å². The average Bonchev–Trinajstić information content (AvgIpc) is 3.11. The molecule has 1 aliphatic rings. The van der Waals surface area contributed by atoms with E-state index in [2.05, 4.69) is 5.32 Å². The first kappa shape index (κ1) is 22.0. The third kappa shape index (κ3) is 6.12. The molecule has 1 aromatic carbocycles. The molecule has 0 saturated carbocycles. The molecule has 1 fully saturated rings. The second-order valence-corrected chi connectivity index (χ2v) is 8.18. The minimum Gasteiger partial charge on any atom is -0.467 e. The van der Waals surface area contributed by atoms with Crippen molar-refractivity contribution in [2.45, 2.75) is 57.7 Å². The van der Waals surface area contributed by atoms with Gasteiger partial charge in [-0.3, -0.25) is 9.69 Å². The van der Waals surface area contributed by atoms with Crippen molar-refractivity contribution in [2.75, 3.05) is 13.7 Å². The number of methoxy groups -OCH3 is 1. The first-order chi connectivity index (χ1) is 13.1. The van der Waals surface area contributed by atoms with Gasteiger partial charge in [-0.2, -0.15) is 0 Å². The van der Waals surface area contributed by atoms with Gasteiger partial charge in [-0.15, -0.1) is 0 Å². The van der Waals surface area contributed by atoms with Crippen LogP contribution in [0.5, 0.6) is 0 Å². The van der Waals surface area contributed by atoms with Crippen LogP contribution in [0.15, 0.2) is 24.3 Å². The van der Waals surface area contributed by atoms with Crippen molar-refractivity contribution in [1.82, 2.24) is 10.2 Å². The number of rotatable bonds is 5. The maximum atomic E-state index is 12.8. The molecule has 1 N–H and O–H groups in total. The summed E-state index contributed by atoms with van der Waals surface area (Å²) in [6.07, 6.45) is 0.934. The molecule has 0 aliphatic carbocycles. The lowest BCUT2D eigenvalue weighted by Gasteiger charge is -2.28. The molecule has 1 aliphatic heterocycles. The molecule has 1 aromatic rings. The van der Waals surface area contributed by atoms with Crippen molar-refractivity contribution >= 4 is 29.6 Å². The monoisotopic (exact) mass is 410 g/mol. The molecule has 1 saturated heterocycles. The fourth-order valence-corrected chi connectivity index (χ4v) is 3.16. The molecule has 28 heavy (non-hydrogen) atoms. The molecule has 0 bridgehead atoms. The SMILES string of the molecule is COC(=O)C(Cc1ccc(Cl)cc1)NC(=O)[C@@H]1CCCN1C(=O)OC(C)(C)C. The van der Waals surface area contributed by atoms with Crippen LogP contribution in [0.1, 0.15) is 39.2 Å². The maximum absolute atomic E-state index is 12.8. The number of amides is 2. The molecule has 2 amide bonds. The summed E-state index contributed by atoms with van der Waals surface area (Å²) in [5.74, 6) is -0.946. The van der Waals surface area contributed by atoms with Gasteiger partial charge in [-0.05, 0) is 51.3 Å². The molecule has 7 nitrogen and oxygen atoms in total. The lowest BCUT2D eigenvalue weighted by atomic mass is 10.1. The van der Waals surface area contributed by atoms with E-state index in [0.29, 0.717) is 24.4 Å².